The number of thiophene rings is 1. The van der Waals surface area contributed by atoms with Gasteiger partial charge in [0.1, 0.15) is 0 Å². The zero-order chi connectivity index (χ0) is 14.9. The van der Waals surface area contributed by atoms with Crippen LogP contribution in [0.2, 0.25) is 4.34 Å². The number of aromatic nitrogens is 1. The minimum absolute atomic E-state index is 0.0393. The molecule has 2 aromatic rings. The molecule has 2 aromatic heterocycles. The number of halogens is 2. The number of carboxylic acids is 1. The Morgan fingerprint density at radius 2 is 2.25 bits per heavy atom. The summed E-state index contributed by atoms with van der Waals surface area (Å²) < 4.78 is 27.3. The van der Waals surface area contributed by atoms with Crippen LogP contribution in [0.15, 0.2) is 20.1 Å². The Bertz CT molecular complexity index is 755. The van der Waals surface area contributed by atoms with Crippen LogP contribution in [0, 0.1) is 0 Å². The fourth-order valence-electron chi connectivity index (χ4n) is 1.26. The van der Waals surface area contributed by atoms with Crippen molar-refractivity contribution in [2.45, 2.75) is 10.6 Å². The van der Waals surface area contributed by atoms with Crippen LogP contribution < -0.4 is 4.72 Å². The maximum absolute atomic E-state index is 12.1. The van der Waals surface area contributed by atoms with Gasteiger partial charge in [-0.2, -0.15) is 0 Å². The average Bonchev–Trinajstić information content (AvgIpc) is 2.84. The summed E-state index contributed by atoms with van der Waals surface area (Å²) in [5.41, 5.74) is 0.295. The highest BCUT2D eigenvalue weighted by Gasteiger charge is 2.22. The molecule has 0 aromatic carbocycles. The SMILES string of the molecule is O=C(O)Cc1csc(NS(=O)(=O)c2sc(Cl)cc2Br)n1. The second kappa shape index (κ2) is 5.98. The van der Waals surface area contributed by atoms with E-state index in [9.17, 15) is 13.2 Å². The quantitative estimate of drug-likeness (QED) is 0.779. The lowest BCUT2D eigenvalue weighted by molar-refractivity contribution is -0.136. The largest absolute Gasteiger partial charge is 0.481 e. The molecule has 11 heteroatoms. The van der Waals surface area contributed by atoms with Gasteiger partial charge in [0, 0.05) is 5.38 Å². The van der Waals surface area contributed by atoms with Gasteiger partial charge in [-0.3, -0.25) is 9.52 Å². The molecule has 0 aliphatic heterocycles. The summed E-state index contributed by atoms with van der Waals surface area (Å²) in [4.78, 5) is 14.4. The second-order valence-electron chi connectivity index (χ2n) is 3.51. The van der Waals surface area contributed by atoms with Crippen molar-refractivity contribution in [3.8, 4) is 0 Å². The molecular formula is C9H6BrClN2O4S3. The third-order valence-corrected chi connectivity index (χ3v) is 7.20. The van der Waals surface area contributed by atoms with E-state index < -0.39 is 16.0 Å². The number of carbonyl (C=O) groups is 1. The highest BCUT2D eigenvalue weighted by atomic mass is 79.9. The molecule has 0 aliphatic carbocycles. The Labute approximate surface area is 135 Å². The zero-order valence-corrected chi connectivity index (χ0v) is 14.3. The standard InChI is InChI=1S/C9H6BrClN2O4S3/c10-5-2-6(11)19-8(5)20(16,17)13-9-12-4(3-18-9)1-7(14)15/h2-3H,1H2,(H,12,13)(H,14,15). The molecule has 0 saturated carbocycles. The molecule has 0 radical (unpaired) electrons. The van der Waals surface area contributed by atoms with Crippen molar-refractivity contribution in [1.29, 1.82) is 0 Å². The summed E-state index contributed by atoms with van der Waals surface area (Å²) in [7, 11) is -3.80. The molecular weight excluding hydrogens is 412 g/mol. The first-order chi connectivity index (χ1) is 9.28. The van der Waals surface area contributed by atoms with E-state index in [4.69, 9.17) is 16.7 Å². The summed E-state index contributed by atoms with van der Waals surface area (Å²) in [5, 5.41) is 10.2. The number of thiazole rings is 1. The van der Waals surface area contributed by atoms with E-state index in [-0.39, 0.29) is 15.8 Å². The van der Waals surface area contributed by atoms with Crippen molar-refractivity contribution in [3.05, 3.63) is 25.9 Å². The first-order valence-corrected chi connectivity index (χ1v) is 9.27. The number of hydrogen-bond donors (Lipinski definition) is 2. The van der Waals surface area contributed by atoms with Gasteiger partial charge in [0.25, 0.3) is 10.0 Å². The number of sulfonamides is 1. The Morgan fingerprint density at radius 1 is 1.55 bits per heavy atom. The molecule has 20 heavy (non-hydrogen) atoms. The lowest BCUT2D eigenvalue weighted by atomic mass is 10.3. The van der Waals surface area contributed by atoms with Crippen molar-refractivity contribution in [1.82, 2.24) is 4.98 Å². The number of carboxylic acid groups (broad SMARTS) is 1. The molecule has 108 valence electrons. The highest BCUT2D eigenvalue weighted by molar-refractivity contribution is 9.10. The van der Waals surface area contributed by atoms with Crippen LogP contribution in [0.1, 0.15) is 5.69 Å². The molecule has 0 bridgehead atoms. The van der Waals surface area contributed by atoms with Gasteiger partial charge in [-0.25, -0.2) is 13.4 Å². The Balaban J connectivity index is 2.22. The minimum Gasteiger partial charge on any atom is -0.481 e. The second-order valence-corrected chi connectivity index (χ2v) is 8.78. The molecule has 0 aliphatic rings. The van der Waals surface area contributed by atoms with Crippen molar-refractivity contribution in [2.24, 2.45) is 0 Å². The van der Waals surface area contributed by atoms with Gasteiger partial charge in [0.05, 0.1) is 20.9 Å². The van der Waals surface area contributed by atoms with Crippen molar-refractivity contribution >= 4 is 71.3 Å². The lowest BCUT2D eigenvalue weighted by Gasteiger charge is -2.02. The van der Waals surface area contributed by atoms with E-state index in [0.717, 1.165) is 22.7 Å². The van der Waals surface area contributed by atoms with E-state index in [1.165, 1.54) is 11.4 Å². The summed E-state index contributed by atoms with van der Waals surface area (Å²) in [6.45, 7) is 0. The predicted molar refractivity (Wildman–Crippen MR) is 81.3 cm³/mol. The monoisotopic (exact) mass is 416 g/mol. The Hall–Kier alpha value is -0.680. The summed E-state index contributed by atoms with van der Waals surface area (Å²) in [5.74, 6) is -1.03. The van der Waals surface area contributed by atoms with Crippen LogP contribution in [0.4, 0.5) is 5.13 Å². The first kappa shape index (κ1) is 15.7. The molecule has 2 N–H and O–H groups in total. The van der Waals surface area contributed by atoms with E-state index in [2.05, 4.69) is 25.6 Å². The molecule has 0 atom stereocenters. The van der Waals surface area contributed by atoms with E-state index in [1.807, 2.05) is 0 Å². The van der Waals surface area contributed by atoms with Gasteiger partial charge < -0.3 is 5.11 Å². The third kappa shape index (κ3) is 3.70. The molecule has 2 rings (SSSR count). The van der Waals surface area contributed by atoms with Gasteiger partial charge in [0.2, 0.25) is 0 Å². The van der Waals surface area contributed by atoms with Crippen LogP contribution in [0.5, 0.6) is 0 Å². The van der Waals surface area contributed by atoms with Gasteiger partial charge in [-0.15, -0.1) is 22.7 Å². The third-order valence-electron chi connectivity index (χ3n) is 1.98. The number of hydrogen-bond acceptors (Lipinski definition) is 6. The molecule has 6 nitrogen and oxygen atoms in total. The number of nitrogens with one attached hydrogen (secondary N) is 1. The Morgan fingerprint density at radius 3 is 2.80 bits per heavy atom. The van der Waals surface area contributed by atoms with Crippen LogP contribution in [-0.2, 0) is 21.2 Å². The zero-order valence-electron chi connectivity index (χ0n) is 9.46. The molecule has 0 saturated heterocycles. The summed E-state index contributed by atoms with van der Waals surface area (Å²) >= 11 is 10.8. The average molecular weight is 418 g/mol. The van der Waals surface area contributed by atoms with Crippen molar-refractivity contribution in [2.75, 3.05) is 4.72 Å². The summed E-state index contributed by atoms with van der Waals surface area (Å²) in [6, 6.07) is 1.48. The first-order valence-electron chi connectivity index (χ1n) is 4.92. The van der Waals surface area contributed by atoms with Crippen LogP contribution in [-0.4, -0.2) is 24.5 Å². The molecule has 0 fully saturated rings. The smallest absolute Gasteiger partial charge is 0.309 e. The Kier molecular flexibility index (Phi) is 4.69. The van der Waals surface area contributed by atoms with E-state index >= 15 is 0 Å². The highest BCUT2D eigenvalue weighted by Crippen LogP contribution is 2.35. The molecule has 0 spiro atoms. The minimum atomic E-state index is -3.80. The number of anilines is 1. The normalized spacial score (nSPS) is 11.5. The van der Waals surface area contributed by atoms with E-state index in [1.54, 1.807) is 0 Å². The number of aliphatic carboxylic acids is 1. The molecule has 2 heterocycles. The van der Waals surface area contributed by atoms with E-state index in [0.29, 0.717) is 14.5 Å². The maximum atomic E-state index is 12.1. The number of rotatable bonds is 5. The van der Waals surface area contributed by atoms with Gasteiger partial charge in [0.15, 0.2) is 9.34 Å². The lowest BCUT2D eigenvalue weighted by Crippen LogP contribution is -2.12. The van der Waals surface area contributed by atoms with Crippen molar-refractivity contribution < 1.29 is 18.3 Å². The van der Waals surface area contributed by atoms with Crippen LogP contribution in [0.3, 0.4) is 0 Å². The van der Waals surface area contributed by atoms with Crippen molar-refractivity contribution in [3.63, 3.8) is 0 Å². The predicted octanol–water partition coefficient (Wildman–Crippen LogP) is 3.05. The molecule has 0 unspecified atom stereocenters. The topological polar surface area (TPSA) is 96.4 Å². The molecule has 0 amide bonds. The van der Waals surface area contributed by atoms with Crippen LogP contribution >= 0.6 is 50.2 Å². The van der Waals surface area contributed by atoms with Crippen LogP contribution in [0.25, 0.3) is 0 Å². The summed E-state index contributed by atoms with van der Waals surface area (Å²) in [6.07, 6.45) is -0.257. The fraction of sp³-hybridized carbons (Fsp3) is 0.111. The van der Waals surface area contributed by atoms with Gasteiger partial charge in [-0.05, 0) is 22.0 Å². The fourth-order valence-corrected chi connectivity index (χ4v) is 6.23. The van der Waals surface area contributed by atoms with Gasteiger partial charge >= 0.3 is 5.97 Å². The maximum Gasteiger partial charge on any atom is 0.309 e. The number of nitrogens with zero attached hydrogens (tertiary/aromatic N) is 1. The van der Waals surface area contributed by atoms with Gasteiger partial charge in [-0.1, -0.05) is 11.6 Å².